The number of piperidine rings is 1. The van der Waals surface area contributed by atoms with Crippen LogP contribution in [0.25, 0.3) is 0 Å². The quantitative estimate of drug-likeness (QED) is 0.657. The second-order valence-electron chi connectivity index (χ2n) is 4.95. The van der Waals surface area contributed by atoms with Gasteiger partial charge >= 0.3 is 0 Å². The SMILES string of the molecule is CCCCCCN1CCCC(CCN)C1. The molecule has 0 saturated carbocycles. The number of nitrogens with zero attached hydrogens (tertiary/aromatic N) is 1. The van der Waals surface area contributed by atoms with Crippen LogP contribution in [0, 0.1) is 5.92 Å². The van der Waals surface area contributed by atoms with Gasteiger partial charge in [0.2, 0.25) is 0 Å². The molecule has 1 unspecified atom stereocenters. The molecule has 1 aliphatic heterocycles. The van der Waals surface area contributed by atoms with E-state index in [9.17, 15) is 0 Å². The summed E-state index contributed by atoms with van der Waals surface area (Å²) in [4.78, 5) is 2.65. The highest BCUT2D eigenvalue weighted by atomic mass is 15.1. The fourth-order valence-electron chi connectivity index (χ4n) is 2.59. The first kappa shape index (κ1) is 13.0. The topological polar surface area (TPSA) is 29.3 Å². The van der Waals surface area contributed by atoms with Crippen LogP contribution in [0.2, 0.25) is 0 Å². The molecular formula is C13H28N2. The van der Waals surface area contributed by atoms with Crippen LogP contribution in [-0.4, -0.2) is 31.1 Å². The Kier molecular flexibility index (Phi) is 7.03. The van der Waals surface area contributed by atoms with Gasteiger partial charge in [-0.1, -0.05) is 26.2 Å². The van der Waals surface area contributed by atoms with Crippen molar-refractivity contribution in [3.63, 3.8) is 0 Å². The maximum Gasteiger partial charge on any atom is 0.00101 e. The summed E-state index contributed by atoms with van der Waals surface area (Å²) in [5, 5.41) is 0. The smallest absolute Gasteiger partial charge is 0.00101 e. The molecule has 1 aliphatic rings. The molecule has 0 aliphatic carbocycles. The predicted molar refractivity (Wildman–Crippen MR) is 67.0 cm³/mol. The van der Waals surface area contributed by atoms with Gasteiger partial charge in [-0.3, -0.25) is 0 Å². The van der Waals surface area contributed by atoms with Crippen molar-refractivity contribution in [1.82, 2.24) is 4.90 Å². The number of nitrogens with two attached hydrogens (primary N) is 1. The van der Waals surface area contributed by atoms with Crippen molar-refractivity contribution in [3.05, 3.63) is 0 Å². The van der Waals surface area contributed by atoms with E-state index < -0.39 is 0 Å². The lowest BCUT2D eigenvalue weighted by Gasteiger charge is -2.32. The van der Waals surface area contributed by atoms with Crippen LogP contribution in [0.4, 0.5) is 0 Å². The number of likely N-dealkylation sites (tertiary alicyclic amines) is 1. The van der Waals surface area contributed by atoms with Crippen LogP contribution in [-0.2, 0) is 0 Å². The Morgan fingerprint density at radius 2 is 2.13 bits per heavy atom. The van der Waals surface area contributed by atoms with Crippen molar-refractivity contribution in [2.24, 2.45) is 11.7 Å². The van der Waals surface area contributed by atoms with Crippen LogP contribution < -0.4 is 5.73 Å². The zero-order chi connectivity index (χ0) is 10.9. The van der Waals surface area contributed by atoms with Crippen molar-refractivity contribution in [2.75, 3.05) is 26.2 Å². The van der Waals surface area contributed by atoms with E-state index in [-0.39, 0.29) is 0 Å². The molecule has 1 rings (SSSR count). The van der Waals surface area contributed by atoms with Gasteiger partial charge in [0, 0.05) is 6.54 Å². The number of hydrogen-bond donors (Lipinski definition) is 1. The van der Waals surface area contributed by atoms with Gasteiger partial charge < -0.3 is 10.6 Å². The molecule has 1 heterocycles. The molecule has 0 spiro atoms. The Hall–Kier alpha value is -0.0800. The molecule has 0 aromatic rings. The summed E-state index contributed by atoms with van der Waals surface area (Å²) in [6.45, 7) is 7.10. The zero-order valence-electron chi connectivity index (χ0n) is 10.4. The molecule has 2 N–H and O–H groups in total. The summed E-state index contributed by atoms with van der Waals surface area (Å²) in [5.41, 5.74) is 5.63. The lowest BCUT2D eigenvalue weighted by Crippen LogP contribution is -2.36. The van der Waals surface area contributed by atoms with Crippen LogP contribution in [0.5, 0.6) is 0 Å². The molecule has 1 atom stereocenters. The summed E-state index contributed by atoms with van der Waals surface area (Å²) in [5.74, 6) is 0.884. The van der Waals surface area contributed by atoms with Crippen LogP contribution in [0.1, 0.15) is 51.9 Å². The van der Waals surface area contributed by atoms with Crippen molar-refractivity contribution in [3.8, 4) is 0 Å². The number of unbranched alkanes of at least 4 members (excludes halogenated alkanes) is 3. The molecule has 2 heteroatoms. The van der Waals surface area contributed by atoms with E-state index in [1.807, 2.05) is 0 Å². The minimum absolute atomic E-state index is 0.869. The fourth-order valence-corrected chi connectivity index (χ4v) is 2.59. The number of rotatable bonds is 7. The zero-order valence-corrected chi connectivity index (χ0v) is 10.4. The monoisotopic (exact) mass is 212 g/mol. The molecule has 0 bridgehead atoms. The Labute approximate surface area is 95.2 Å². The molecule has 90 valence electrons. The summed E-state index contributed by atoms with van der Waals surface area (Å²) >= 11 is 0. The van der Waals surface area contributed by atoms with Crippen LogP contribution in [0.3, 0.4) is 0 Å². The lowest BCUT2D eigenvalue weighted by molar-refractivity contribution is 0.167. The second kappa shape index (κ2) is 8.12. The first-order valence-electron chi connectivity index (χ1n) is 6.79. The van der Waals surface area contributed by atoms with E-state index in [1.165, 1.54) is 64.6 Å². The summed E-state index contributed by atoms with van der Waals surface area (Å²) in [7, 11) is 0. The van der Waals surface area contributed by atoms with Gasteiger partial charge in [0.1, 0.15) is 0 Å². The lowest BCUT2D eigenvalue weighted by atomic mass is 9.94. The van der Waals surface area contributed by atoms with Gasteiger partial charge in [-0.2, -0.15) is 0 Å². The third-order valence-corrected chi connectivity index (χ3v) is 3.51. The van der Waals surface area contributed by atoms with Crippen LogP contribution >= 0.6 is 0 Å². The maximum atomic E-state index is 5.63. The molecule has 0 amide bonds. The average molecular weight is 212 g/mol. The van der Waals surface area contributed by atoms with Crippen molar-refractivity contribution in [1.29, 1.82) is 0 Å². The molecule has 15 heavy (non-hydrogen) atoms. The summed E-state index contributed by atoms with van der Waals surface area (Å²) in [6.07, 6.45) is 9.57. The standard InChI is InChI=1S/C13H28N2/c1-2-3-4-5-10-15-11-6-7-13(12-15)8-9-14/h13H,2-12,14H2,1H3. The van der Waals surface area contributed by atoms with Crippen molar-refractivity contribution < 1.29 is 0 Å². The maximum absolute atomic E-state index is 5.63. The van der Waals surface area contributed by atoms with E-state index >= 15 is 0 Å². The van der Waals surface area contributed by atoms with Crippen molar-refractivity contribution >= 4 is 0 Å². The third-order valence-electron chi connectivity index (χ3n) is 3.51. The Morgan fingerprint density at radius 3 is 2.87 bits per heavy atom. The van der Waals surface area contributed by atoms with Gasteiger partial charge in [-0.05, 0) is 51.2 Å². The normalized spacial score (nSPS) is 23.2. The molecule has 0 aromatic carbocycles. The fraction of sp³-hybridized carbons (Fsp3) is 1.00. The summed E-state index contributed by atoms with van der Waals surface area (Å²) < 4.78 is 0. The van der Waals surface area contributed by atoms with E-state index in [0.717, 1.165) is 12.5 Å². The first-order chi connectivity index (χ1) is 7.36. The van der Waals surface area contributed by atoms with Crippen LogP contribution in [0.15, 0.2) is 0 Å². The summed E-state index contributed by atoms with van der Waals surface area (Å²) in [6, 6.07) is 0. The van der Waals surface area contributed by atoms with Crippen molar-refractivity contribution in [2.45, 2.75) is 51.9 Å². The second-order valence-corrected chi connectivity index (χ2v) is 4.95. The Morgan fingerprint density at radius 1 is 1.27 bits per heavy atom. The number of hydrogen-bond acceptors (Lipinski definition) is 2. The minimum Gasteiger partial charge on any atom is -0.330 e. The highest BCUT2D eigenvalue weighted by molar-refractivity contribution is 4.73. The molecule has 1 saturated heterocycles. The van der Waals surface area contributed by atoms with Gasteiger partial charge in [0.15, 0.2) is 0 Å². The van der Waals surface area contributed by atoms with E-state index in [4.69, 9.17) is 5.73 Å². The third kappa shape index (κ3) is 5.53. The Balaban J connectivity index is 2.07. The molecule has 2 nitrogen and oxygen atoms in total. The Bertz CT molecular complexity index is 145. The van der Waals surface area contributed by atoms with Gasteiger partial charge in [0.05, 0.1) is 0 Å². The molecule has 0 radical (unpaired) electrons. The van der Waals surface area contributed by atoms with E-state index in [1.54, 1.807) is 0 Å². The first-order valence-corrected chi connectivity index (χ1v) is 6.79. The van der Waals surface area contributed by atoms with E-state index in [2.05, 4.69) is 11.8 Å². The predicted octanol–water partition coefficient (Wildman–Crippen LogP) is 2.63. The minimum atomic E-state index is 0.869. The largest absolute Gasteiger partial charge is 0.330 e. The van der Waals surface area contributed by atoms with Gasteiger partial charge in [-0.15, -0.1) is 0 Å². The highest BCUT2D eigenvalue weighted by Crippen LogP contribution is 2.19. The highest BCUT2D eigenvalue weighted by Gasteiger charge is 2.18. The molecular weight excluding hydrogens is 184 g/mol. The molecule has 1 fully saturated rings. The van der Waals surface area contributed by atoms with Gasteiger partial charge in [-0.25, -0.2) is 0 Å². The average Bonchev–Trinajstić information content (AvgIpc) is 2.26. The molecule has 0 aromatic heterocycles. The van der Waals surface area contributed by atoms with Gasteiger partial charge in [0.25, 0.3) is 0 Å². The van der Waals surface area contributed by atoms with E-state index in [0.29, 0.717) is 0 Å².